The van der Waals surface area contributed by atoms with Crippen molar-refractivity contribution in [2.75, 3.05) is 26.2 Å². The number of halogens is 5. The molecule has 3 aromatic carbocycles. The summed E-state index contributed by atoms with van der Waals surface area (Å²) in [5.74, 6) is -2.35. The number of amides is 1. The molecule has 5 rings (SSSR count). The van der Waals surface area contributed by atoms with E-state index in [1.54, 1.807) is 36.1 Å². The molecule has 2 aliphatic heterocycles. The Bertz CT molecular complexity index is 1500. The number of nitrogens with zero attached hydrogens (tertiary/aromatic N) is 3. The molecule has 1 atom stereocenters. The zero-order valence-electron chi connectivity index (χ0n) is 24.9. The Kier molecular flexibility index (Phi) is 10.6. The van der Waals surface area contributed by atoms with Crippen molar-refractivity contribution in [3.63, 3.8) is 0 Å². The number of rotatable bonds is 8. The van der Waals surface area contributed by atoms with Crippen molar-refractivity contribution in [1.82, 2.24) is 9.80 Å². The first-order chi connectivity index (χ1) is 21.3. The van der Waals surface area contributed by atoms with Crippen LogP contribution in [0.1, 0.15) is 42.9 Å². The van der Waals surface area contributed by atoms with Gasteiger partial charge in [-0.3, -0.25) is 9.69 Å². The number of hydrogen-bond donors (Lipinski definition) is 1. The molecule has 0 bridgehead atoms. The number of carbonyl (C=O) groups excluding carboxylic acids is 1. The number of likely N-dealkylation sites (tertiary alicyclic amines) is 1. The SMILES string of the molecule is CC1=NC(c2ccc(F)cc2)(c2cccc(F)c2)C(=O)N1CCCN1CCC(Oc2ccc(C)cc2)CC1.O=C(O)C(F)(F)F. The van der Waals surface area contributed by atoms with Crippen molar-refractivity contribution >= 4 is 17.7 Å². The van der Waals surface area contributed by atoms with Gasteiger partial charge in [-0.15, -0.1) is 0 Å². The van der Waals surface area contributed by atoms with Crippen molar-refractivity contribution in [3.8, 4) is 5.75 Å². The number of aliphatic imine (C=N–C) groups is 1. The summed E-state index contributed by atoms with van der Waals surface area (Å²) < 4.78 is 65.8. The minimum Gasteiger partial charge on any atom is -0.490 e. The average molecular weight is 632 g/mol. The number of carboxylic acids is 1. The van der Waals surface area contributed by atoms with Crippen molar-refractivity contribution in [3.05, 3.63) is 101 Å². The summed E-state index contributed by atoms with van der Waals surface area (Å²) in [4.78, 5) is 31.7. The standard InChI is InChI=1S/C31H33F2N3O2.C2HF3O2/c1-22-7-13-28(14-8-22)38-29-15-19-35(20-16-29)17-4-18-36-23(2)34-31(30(36)37,24-9-11-26(32)12-10-24)25-5-3-6-27(33)21-25;3-2(4,5)1(6)7/h3,5-14,21,29H,4,15-20H2,1-2H3;(H,6,7). The van der Waals surface area contributed by atoms with Gasteiger partial charge in [-0.2, -0.15) is 13.2 Å². The predicted octanol–water partition coefficient (Wildman–Crippen LogP) is 6.34. The Morgan fingerprint density at radius 1 is 0.933 bits per heavy atom. The summed E-state index contributed by atoms with van der Waals surface area (Å²) in [6.07, 6.45) is -2.16. The molecule has 0 radical (unpaired) electrons. The average Bonchev–Trinajstić information content (AvgIpc) is 3.25. The summed E-state index contributed by atoms with van der Waals surface area (Å²) in [5.41, 5.74) is 0.749. The number of carboxylic acid groups (broad SMARTS) is 1. The van der Waals surface area contributed by atoms with Crippen LogP contribution in [0.2, 0.25) is 0 Å². The molecule has 0 aliphatic carbocycles. The highest BCUT2D eigenvalue weighted by Crippen LogP contribution is 2.40. The number of carbonyl (C=O) groups is 2. The topological polar surface area (TPSA) is 82.4 Å². The quantitative estimate of drug-likeness (QED) is 0.294. The van der Waals surface area contributed by atoms with E-state index in [4.69, 9.17) is 19.6 Å². The second-order valence-electron chi connectivity index (χ2n) is 11.0. The smallest absolute Gasteiger partial charge is 0.490 e. The Balaban J connectivity index is 0.000000591. The van der Waals surface area contributed by atoms with E-state index in [9.17, 15) is 26.7 Å². The number of amidine groups is 1. The van der Waals surface area contributed by atoms with Crippen molar-refractivity contribution in [2.45, 2.75) is 50.9 Å². The van der Waals surface area contributed by atoms with Crippen LogP contribution in [0.5, 0.6) is 5.75 Å². The van der Waals surface area contributed by atoms with E-state index >= 15 is 0 Å². The fourth-order valence-electron chi connectivity index (χ4n) is 5.42. The third-order valence-corrected chi connectivity index (χ3v) is 7.74. The lowest BCUT2D eigenvalue weighted by atomic mass is 9.82. The van der Waals surface area contributed by atoms with Gasteiger partial charge in [0, 0.05) is 19.6 Å². The molecule has 0 aromatic heterocycles. The number of aliphatic carboxylic acids is 1. The van der Waals surface area contributed by atoms with Crippen LogP contribution in [0, 0.1) is 18.6 Å². The van der Waals surface area contributed by atoms with Gasteiger partial charge in [0.2, 0.25) is 0 Å². The van der Waals surface area contributed by atoms with Crippen molar-refractivity contribution < 1.29 is 41.4 Å². The monoisotopic (exact) mass is 631 g/mol. The number of alkyl halides is 3. The second-order valence-corrected chi connectivity index (χ2v) is 11.0. The first kappa shape index (κ1) is 33.6. The summed E-state index contributed by atoms with van der Waals surface area (Å²) in [7, 11) is 0. The predicted molar refractivity (Wildman–Crippen MR) is 158 cm³/mol. The molecule has 45 heavy (non-hydrogen) atoms. The second kappa shape index (κ2) is 14.2. The van der Waals surface area contributed by atoms with Gasteiger partial charge < -0.3 is 14.7 Å². The molecule has 3 aromatic rings. The fourth-order valence-corrected chi connectivity index (χ4v) is 5.42. The summed E-state index contributed by atoms with van der Waals surface area (Å²) >= 11 is 0. The van der Waals surface area contributed by atoms with E-state index in [0.717, 1.165) is 44.6 Å². The maximum Gasteiger partial charge on any atom is 0.490 e. The van der Waals surface area contributed by atoms with E-state index in [1.165, 1.54) is 29.8 Å². The zero-order chi connectivity index (χ0) is 32.8. The molecule has 2 aliphatic rings. The minimum absolute atomic E-state index is 0.214. The van der Waals surface area contributed by atoms with Crippen molar-refractivity contribution in [1.29, 1.82) is 0 Å². The van der Waals surface area contributed by atoms with E-state index in [-0.39, 0.29) is 12.0 Å². The lowest BCUT2D eigenvalue weighted by molar-refractivity contribution is -0.192. The van der Waals surface area contributed by atoms with Gasteiger partial charge in [-0.05, 0) is 87.2 Å². The molecular formula is C33H34F5N3O4. The van der Waals surface area contributed by atoms with Crippen LogP contribution in [0.25, 0.3) is 0 Å². The maximum absolute atomic E-state index is 14.2. The molecule has 1 saturated heterocycles. The molecule has 0 saturated carbocycles. The van der Waals surface area contributed by atoms with Gasteiger partial charge >= 0.3 is 12.1 Å². The van der Waals surface area contributed by atoms with Crippen LogP contribution in [0.3, 0.4) is 0 Å². The van der Waals surface area contributed by atoms with E-state index in [1.807, 2.05) is 12.1 Å². The molecule has 7 nitrogen and oxygen atoms in total. The molecule has 0 spiro atoms. The van der Waals surface area contributed by atoms with E-state index < -0.39 is 29.3 Å². The van der Waals surface area contributed by atoms with Crippen LogP contribution in [-0.2, 0) is 15.1 Å². The van der Waals surface area contributed by atoms with Crippen LogP contribution in [0.4, 0.5) is 22.0 Å². The highest BCUT2D eigenvalue weighted by Gasteiger charge is 2.50. The molecular weight excluding hydrogens is 597 g/mol. The molecule has 12 heteroatoms. The third kappa shape index (κ3) is 8.24. The first-order valence-electron chi connectivity index (χ1n) is 14.5. The molecule has 1 amide bonds. The van der Waals surface area contributed by atoms with Gasteiger partial charge in [0.15, 0.2) is 5.54 Å². The van der Waals surface area contributed by atoms with E-state index in [0.29, 0.717) is 23.5 Å². The van der Waals surface area contributed by atoms with Crippen LogP contribution < -0.4 is 4.74 Å². The van der Waals surface area contributed by atoms with Gasteiger partial charge in [-0.25, -0.2) is 18.6 Å². The van der Waals surface area contributed by atoms with Crippen LogP contribution in [-0.4, -0.2) is 71.1 Å². The molecule has 1 unspecified atom stereocenters. The summed E-state index contributed by atoms with van der Waals surface area (Å²) in [6, 6.07) is 19.9. The summed E-state index contributed by atoms with van der Waals surface area (Å²) in [5, 5.41) is 7.12. The lowest BCUT2D eigenvalue weighted by Gasteiger charge is -2.32. The highest BCUT2D eigenvalue weighted by molar-refractivity contribution is 6.09. The number of piperidine rings is 1. The Morgan fingerprint density at radius 3 is 2.13 bits per heavy atom. The normalized spacial score (nSPS) is 19.1. The van der Waals surface area contributed by atoms with E-state index in [2.05, 4.69) is 24.0 Å². The molecule has 1 N–H and O–H groups in total. The number of aryl methyl sites for hydroxylation is 1. The first-order valence-corrected chi connectivity index (χ1v) is 14.5. The van der Waals surface area contributed by atoms with Gasteiger partial charge in [0.25, 0.3) is 5.91 Å². The summed E-state index contributed by atoms with van der Waals surface area (Å²) in [6.45, 7) is 7.12. The zero-order valence-corrected chi connectivity index (χ0v) is 24.9. The van der Waals surface area contributed by atoms with Crippen LogP contribution in [0.15, 0.2) is 77.8 Å². The maximum atomic E-state index is 14.2. The largest absolute Gasteiger partial charge is 0.490 e. The Labute approximate surface area is 257 Å². The number of benzene rings is 3. The lowest BCUT2D eigenvalue weighted by Crippen LogP contribution is -2.43. The number of ether oxygens (including phenoxy) is 1. The third-order valence-electron chi connectivity index (χ3n) is 7.74. The van der Waals surface area contributed by atoms with Crippen LogP contribution >= 0.6 is 0 Å². The Morgan fingerprint density at radius 2 is 1.56 bits per heavy atom. The molecule has 1 fully saturated rings. The van der Waals surface area contributed by atoms with Gasteiger partial charge in [0.05, 0.1) is 0 Å². The fraction of sp³-hybridized carbons (Fsp3) is 0.364. The van der Waals surface area contributed by atoms with Gasteiger partial charge in [-0.1, -0.05) is 42.0 Å². The highest BCUT2D eigenvalue weighted by atomic mass is 19.4. The molecule has 2 heterocycles. The molecule has 240 valence electrons. The minimum atomic E-state index is -5.08. The van der Waals surface area contributed by atoms with Crippen molar-refractivity contribution in [2.24, 2.45) is 4.99 Å². The number of hydrogen-bond acceptors (Lipinski definition) is 5. The Hall–Kier alpha value is -4.32. The van der Waals surface area contributed by atoms with Gasteiger partial charge in [0.1, 0.15) is 29.3 Å².